The van der Waals surface area contributed by atoms with E-state index in [0.717, 1.165) is 4.88 Å². The van der Waals surface area contributed by atoms with Gasteiger partial charge in [-0.05, 0) is 18.6 Å². The highest BCUT2D eigenvalue weighted by Gasteiger charge is 2.32. The van der Waals surface area contributed by atoms with Gasteiger partial charge >= 0.3 is 0 Å². The van der Waals surface area contributed by atoms with E-state index in [2.05, 4.69) is 15.4 Å². The Labute approximate surface area is 181 Å². The molecule has 0 amide bonds. The topological polar surface area (TPSA) is 97.2 Å². The average Bonchev–Trinajstić information content (AvgIpc) is 3.44. The smallest absolute Gasteiger partial charge is 0.299 e. The Morgan fingerprint density at radius 3 is 2.86 bits per heavy atom. The van der Waals surface area contributed by atoms with Crippen LogP contribution in [0.2, 0.25) is 4.34 Å². The number of hydrogen-bond donors (Lipinski definition) is 1. The number of hydrogen-bond acceptors (Lipinski definition) is 8. The number of sulfonamides is 1. The van der Waals surface area contributed by atoms with E-state index in [1.54, 1.807) is 10.9 Å². The Morgan fingerprint density at radius 2 is 2.24 bits per heavy atom. The lowest BCUT2D eigenvalue weighted by atomic mass is 10.1. The zero-order valence-electron chi connectivity index (χ0n) is 15.4. The molecule has 0 bridgehead atoms. The Hall–Kier alpha value is -1.79. The summed E-state index contributed by atoms with van der Waals surface area (Å²) in [5, 5.41) is 9.43. The number of anilines is 1. The van der Waals surface area contributed by atoms with Gasteiger partial charge in [0.05, 0.1) is 28.3 Å². The minimum absolute atomic E-state index is 0.0639. The fourth-order valence-electron chi connectivity index (χ4n) is 3.20. The van der Waals surface area contributed by atoms with Crippen LogP contribution in [0.15, 0.2) is 29.1 Å². The summed E-state index contributed by atoms with van der Waals surface area (Å²) in [6.45, 7) is 1.31. The summed E-state index contributed by atoms with van der Waals surface area (Å²) >= 11 is 8.79. The van der Waals surface area contributed by atoms with E-state index < -0.39 is 10.0 Å². The summed E-state index contributed by atoms with van der Waals surface area (Å²) in [4.78, 5) is 18.0. The summed E-state index contributed by atoms with van der Waals surface area (Å²) in [7, 11) is -3.25. The third-order valence-electron chi connectivity index (χ3n) is 4.68. The van der Waals surface area contributed by atoms with Crippen LogP contribution < -0.4 is 5.32 Å². The SMILES string of the molecule is CS(=O)(=O)N1CCC(c2cc(NCc3ccc(Cl)s3)n(C(=O)c3cscn3)n2)C1. The molecular formula is C17H18ClN5O3S3. The van der Waals surface area contributed by atoms with Crippen LogP contribution in [0.25, 0.3) is 0 Å². The second-order valence-corrected chi connectivity index (χ2v) is 11.2. The lowest BCUT2D eigenvalue weighted by molar-refractivity contribution is 0.0942. The van der Waals surface area contributed by atoms with Gasteiger partial charge in [-0.1, -0.05) is 11.6 Å². The highest BCUT2D eigenvalue weighted by Crippen LogP contribution is 2.30. The van der Waals surface area contributed by atoms with Gasteiger partial charge in [-0.25, -0.2) is 17.7 Å². The van der Waals surface area contributed by atoms with Gasteiger partial charge in [-0.3, -0.25) is 4.79 Å². The number of carbonyl (C=O) groups is 1. The second kappa shape index (κ2) is 8.15. The van der Waals surface area contributed by atoms with Crippen molar-refractivity contribution in [1.82, 2.24) is 19.1 Å². The van der Waals surface area contributed by atoms with Crippen molar-refractivity contribution in [2.45, 2.75) is 18.9 Å². The quantitative estimate of drug-likeness (QED) is 0.593. The van der Waals surface area contributed by atoms with Gasteiger partial charge in [0.2, 0.25) is 10.0 Å². The van der Waals surface area contributed by atoms with Crippen LogP contribution in [-0.2, 0) is 16.6 Å². The lowest BCUT2D eigenvalue weighted by Gasteiger charge is -2.11. The predicted molar refractivity (Wildman–Crippen MR) is 115 cm³/mol. The zero-order chi connectivity index (χ0) is 20.6. The first-order valence-corrected chi connectivity index (χ1v) is 12.8. The van der Waals surface area contributed by atoms with E-state index in [1.807, 2.05) is 18.2 Å². The van der Waals surface area contributed by atoms with Crippen molar-refractivity contribution in [1.29, 1.82) is 0 Å². The lowest BCUT2D eigenvalue weighted by Crippen LogP contribution is -2.27. The molecule has 3 aromatic rings. The van der Waals surface area contributed by atoms with Crippen molar-refractivity contribution in [3.8, 4) is 0 Å². The number of nitrogens with zero attached hydrogens (tertiary/aromatic N) is 4. The molecular weight excluding hydrogens is 454 g/mol. The first-order chi connectivity index (χ1) is 13.8. The molecule has 154 valence electrons. The van der Waals surface area contributed by atoms with Crippen molar-refractivity contribution in [3.63, 3.8) is 0 Å². The summed E-state index contributed by atoms with van der Waals surface area (Å²) in [5.74, 6) is 0.147. The fourth-order valence-corrected chi connectivity index (χ4v) is 5.64. The van der Waals surface area contributed by atoms with Crippen LogP contribution >= 0.6 is 34.3 Å². The number of halogens is 1. The van der Waals surface area contributed by atoms with Gasteiger partial charge < -0.3 is 5.32 Å². The van der Waals surface area contributed by atoms with Gasteiger partial charge in [0.25, 0.3) is 5.91 Å². The molecule has 3 aromatic heterocycles. The molecule has 0 radical (unpaired) electrons. The Bertz CT molecular complexity index is 1120. The van der Waals surface area contributed by atoms with Crippen molar-refractivity contribution in [3.05, 3.63) is 49.7 Å². The van der Waals surface area contributed by atoms with Gasteiger partial charge in [0.15, 0.2) is 0 Å². The van der Waals surface area contributed by atoms with Crippen LogP contribution in [0, 0.1) is 0 Å². The van der Waals surface area contributed by atoms with E-state index >= 15 is 0 Å². The first-order valence-electron chi connectivity index (χ1n) is 8.77. The molecule has 1 saturated heterocycles. The first kappa shape index (κ1) is 20.5. The Balaban J connectivity index is 1.60. The molecule has 1 unspecified atom stereocenters. The molecule has 0 aromatic carbocycles. The molecule has 4 rings (SSSR count). The van der Waals surface area contributed by atoms with Gasteiger partial charge in [-0.15, -0.1) is 22.7 Å². The number of thiazole rings is 1. The molecule has 0 spiro atoms. The van der Waals surface area contributed by atoms with Crippen molar-refractivity contribution in [2.75, 3.05) is 24.7 Å². The Kier molecular flexibility index (Phi) is 5.76. The van der Waals surface area contributed by atoms with E-state index in [0.29, 0.717) is 47.6 Å². The van der Waals surface area contributed by atoms with Crippen molar-refractivity contribution >= 4 is 56.0 Å². The monoisotopic (exact) mass is 471 g/mol. The number of carbonyl (C=O) groups excluding carboxylic acids is 1. The van der Waals surface area contributed by atoms with Crippen molar-refractivity contribution < 1.29 is 13.2 Å². The summed E-state index contributed by atoms with van der Waals surface area (Å²) in [5.41, 5.74) is 2.60. The maximum atomic E-state index is 12.9. The number of nitrogens with one attached hydrogen (secondary N) is 1. The fraction of sp³-hybridized carbons (Fsp3) is 0.353. The molecule has 8 nitrogen and oxygen atoms in total. The van der Waals surface area contributed by atoms with Crippen LogP contribution in [0.4, 0.5) is 5.82 Å². The van der Waals surface area contributed by atoms with Crippen LogP contribution in [0.1, 0.15) is 33.4 Å². The molecule has 1 N–H and O–H groups in total. The van der Waals surface area contributed by atoms with E-state index in [1.165, 1.54) is 37.9 Å². The van der Waals surface area contributed by atoms with Gasteiger partial charge in [-0.2, -0.15) is 9.78 Å². The average molecular weight is 472 g/mol. The minimum atomic E-state index is -3.25. The van der Waals surface area contributed by atoms with Gasteiger partial charge in [0.1, 0.15) is 11.5 Å². The van der Waals surface area contributed by atoms with E-state index in [9.17, 15) is 13.2 Å². The molecule has 1 atom stereocenters. The van der Waals surface area contributed by atoms with Crippen LogP contribution in [0.3, 0.4) is 0 Å². The maximum Gasteiger partial charge on any atom is 0.299 e. The summed E-state index contributed by atoms with van der Waals surface area (Å²) < 4.78 is 27.1. The molecule has 1 aliphatic rings. The molecule has 12 heteroatoms. The molecule has 4 heterocycles. The standard InChI is InChI=1S/C17H18ClN5O3S3/c1-29(25,26)22-5-4-11(8-22)13-6-16(19-7-12-2-3-15(18)28-12)23(21-13)17(24)14-9-27-10-20-14/h2-3,6,9-11,19H,4-5,7-8H2,1H3. The largest absolute Gasteiger partial charge is 0.365 e. The number of rotatable bonds is 6. The molecule has 29 heavy (non-hydrogen) atoms. The van der Waals surface area contributed by atoms with Crippen LogP contribution in [-0.4, -0.2) is 52.7 Å². The number of thiophene rings is 1. The highest BCUT2D eigenvalue weighted by molar-refractivity contribution is 7.88. The second-order valence-electron chi connectivity index (χ2n) is 6.71. The van der Waals surface area contributed by atoms with E-state index in [-0.39, 0.29) is 11.8 Å². The molecule has 1 fully saturated rings. The normalized spacial score (nSPS) is 17.7. The third-order valence-corrected chi connectivity index (χ3v) is 7.77. The molecule has 0 saturated carbocycles. The minimum Gasteiger partial charge on any atom is -0.365 e. The molecule has 0 aliphatic carbocycles. The summed E-state index contributed by atoms with van der Waals surface area (Å²) in [6.07, 6.45) is 1.87. The number of aromatic nitrogens is 3. The van der Waals surface area contributed by atoms with E-state index in [4.69, 9.17) is 11.6 Å². The predicted octanol–water partition coefficient (Wildman–Crippen LogP) is 3.10. The Morgan fingerprint density at radius 1 is 1.41 bits per heavy atom. The van der Waals surface area contributed by atoms with Gasteiger partial charge in [0, 0.05) is 35.3 Å². The van der Waals surface area contributed by atoms with Crippen LogP contribution in [0.5, 0.6) is 0 Å². The maximum absolute atomic E-state index is 12.9. The summed E-state index contributed by atoms with van der Waals surface area (Å²) in [6, 6.07) is 5.56. The van der Waals surface area contributed by atoms with Crippen molar-refractivity contribution in [2.24, 2.45) is 0 Å². The highest BCUT2D eigenvalue weighted by atomic mass is 35.5. The zero-order valence-corrected chi connectivity index (χ0v) is 18.6. The molecule has 1 aliphatic heterocycles. The third kappa shape index (κ3) is 4.53.